The van der Waals surface area contributed by atoms with E-state index < -0.39 is 0 Å². The normalized spacial score (nSPS) is 9.93. The van der Waals surface area contributed by atoms with Gasteiger partial charge in [-0.3, -0.25) is 0 Å². The van der Waals surface area contributed by atoms with Crippen LogP contribution in [0.25, 0.3) is 11.3 Å². The average molecular weight is 202 g/mol. The third kappa shape index (κ3) is 1.76. The first-order chi connectivity index (χ1) is 7.33. The first-order valence-corrected chi connectivity index (χ1v) is 4.54. The van der Waals surface area contributed by atoms with Crippen LogP contribution in [0.4, 0.5) is 0 Å². The van der Waals surface area contributed by atoms with Crippen LogP contribution in [0.1, 0.15) is 10.4 Å². The number of rotatable bonds is 2. The van der Waals surface area contributed by atoms with Crippen LogP contribution in [-0.4, -0.2) is 13.1 Å². The van der Waals surface area contributed by atoms with Gasteiger partial charge in [0.25, 0.3) is 0 Å². The SMILES string of the molecule is COC(=O)c1ccoc1-c1ccccc1. The maximum absolute atomic E-state index is 11.4. The molecule has 0 saturated heterocycles. The van der Waals surface area contributed by atoms with Gasteiger partial charge in [-0.1, -0.05) is 30.3 Å². The van der Waals surface area contributed by atoms with Crippen LogP contribution < -0.4 is 0 Å². The van der Waals surface area contributed by atoms with Crippen molar-refractivity contribution < 1.29 is 13.9 Å². The number of hydrogen-bond acceptors (Lipinski definition) is 3. The van der Waals surface area contributed by atoms with E-state index in [9.17, 15) is 4.79 Å². The summed E-state index contributed by atoms with van der Waals surface area (Å²) < 4.78 is 9.93. The van der Waals surface area contributed by atoms with Gasteiger partial charge < -0.3 is 9.15 Å². The Kier molecular flexibility index (Phi) is 2.54. The fourth-order valence-electron chi connectivity index (χ4n) is 1.39. The summed E-state index contributed by atoms with van der Waals surface area (Å²) in [6.45, 7) is 0. The van der Waals surface area contributed by atoms with Gasteiger partial charge >= 0.3 is 5.97 Å². The molecule has 0 unspecified atom stereocenters. The van der Waals surface area contributed by atoms with Crippen LogP contribution in [0.15, 0.2) is 47.1 Å². The molecule has 1 heterocycles. The third-order valence-corrected chi connectivity index (χ3v) is 2.11. The molecule has 0 aliphatic carbocycles. The molecule has 2 rings (SSSR count). The second kappa shape index (κ2) is 4.00. The fraction of sp³-hybridized carbons (Fsp3) is 0.0833. The van der Waals surface area contributed by atoms with Crippen molar-refractivity contribution in [2.45, 2.75) is 0 Å². The van der Waals surface area contributed by atoms with E-state index in [0.717, 1.165) is 5.56 Å². The molecule has 3 nitrogen and oxygen atoms in total. The third-order valence-electron chi connectivity index (χ3n) is 2.11. The Bertz CT molecular complexity index is 457. The molecule has 3 heteroatoms. The van der Waals surface area contributed by atoms with Crippen molar-refractivity contribution in [2.24, 2.45) is 0 Å². The van der Waals surface area contributed by atoms with Crippen LogP contribution in [0.2, 0.25) is 0 Å². The second-order valence-corrected chi connectivity index (χ2v) is 3.02. The lowest BCUT2D eigenvalue weighted by molar-refractivity contribution is 0.0601. The number of benzene rings is 1. The van der Waals surface area contributed by atoms with Gasteiger partial charge in [-0.05, 0) is 6.07 Å². The van der Waals surface area contributed by atoms with Gasteiger partial charge in [-0.2, -0.15) is 0 Å². The lowest BCUT2D eigenvalue weighted by atomic mass is 10.1. The summed E-state index contributed by atoms with van der Waals surface area (Å²) in [7, 11) is 1.35. The number of methoxy groups -OCH3 is 1. The Morgan fingerprint density at radius 2 is 1.93 bits per heavy atom. The summed E-state index contributed by atoms with van der Waals surface area (Å²) in [5, 5.41) is 0. The lowest BCUT2D eigenvalue weighted by Crippen LogP contribution is -2.00. The maximum Gasteiger partial charge on any atom is 0.341 e. The van der Waals surface area contributed by atoms with Gasteiger partial charge in [-0.15, -0.1) is 0 Å². The van der Waals surface area contributed by atoms with Crippen LogP contribution in [0.5, 0.6) is 0 Å². The van der Waals surface area contributed by atoms with E-state index in [1.54, 1.807) is 6.07 Å². The minimum atomic E-state index is -0.386. The van der Waals surface area contributed by atoms with E-state index >= 15 is 0 Å². The molecule has 76 valence electrons. The highest BCUT2D eigenvalue weighted by atomic mass is 16.5. The highest BCUT2D eigenvalue weighted by molar-refractivity contribution is 5.95. The van der Waals surface area contributed by atoms with Crippen LogP contribution >= 0.6 is 0 Å². The van der Waals surface area contributed by atoms with Crippen LogP contribution in [0, 0.1) is 0 Å². The number of hydrogen-bond donors (Lipinski definition) is 0. The first-order valence-electron chi connectivity index (χ1n) is 4.54. The molecule has 15 heavy (non-hydrogen) atoms. The Hall–Kier alpha value is -2.03. The number of carbonyl (C=O) groups is 1. The minimum absolute atomic E-state index is 0.386. The number of esters is 1. The number of ether oxygens (including phenoxy) is 1. The topological polar surface area (TPSA) is 39.4 Å². The molecule has 0 bridgehead atoms. The van der Waals surface area contributed by atoms with Gasteiger partial charge in [0.1, 0.15) is 11.3 Å². The predicted octanol–water partition coefficient (Wildman–Crippen LogP) is 2.73. The summed E-state index contributed by atoms with van der Waals surface area (Å²) in [4.78, 5) is 11.4. The molecule has 0 aliphatic heterocycles. The quantitative estimate of drug-likeness (QED) is 0.703. The molecular weight excluding hydrogens is 192 g/mol. The van der Waals surface area contributed by atoms with Crippen molar-refractivity contribution in [1.82, 2.24) is 0 Å². The Morgan fingerprint density at radius 1 is 1.20 bits per heavy atom. The zero-order chi connectivity index (χ0) is 10.7. The Labute approximate surface area is 87.3 Å². The van der Waals surface area contributed by atoms with E-state index in [0.29, 0.717) is 11.3 Å². The van der Waals surface area contributed by atoms with Gasteiger partial charge in [-0.25, -0.2) is 4.79 Å². The largest absolute Gasteiger partial charge is 0.465 e. The summed E-state index contributed by atoms with van der Waals surface area (Å²) >= 11 is 0. The highest BCUT2D eigenvalue weighted by Gasteiger charge is 2.15. The monoisotopic (exact) mass is 202 g/mol. The van der Waals surface area contributed by atoms with Gasteiger partial charge in [0.2, 0.25) is 0 Å². The molecule has 1 aromatic carbocycles. The highest BCUT2D eigenvalue weighted by Crippen LogP contribution is 2.24. The van der Waals surface area contributed by atoms with E-state index in [4.69, 9.17) is 4.42 Å². The summed E-state index contributed by atoms with van der Waals surface area (Å²) in [6.07, 6.45) is 1.48. The average Bonchev–Trinajstić information content (AvgIpc) is 2.78. The summed E-state index contributed by atoms with van der Waals surface area (Å²) in [6, 6.07) is 11.0. The van der Waals surface area contributed by atoms with Crippen LogP contribution in [0.3, 0.4) is 0 Å². The van der Waals surface area contributed by atoms with Gasteiger partial charge in [0.15, 0.2) is 0 Å². The van der Waals surface area contributed by atoms with Crippen molar-refractivity contribution in [3.8, 4) is 11.3 Å². The zero-order valence-electron chi connectivity index (χ0n) is 8.27. The zero-order valence-corrected chi connectivity index (χ0v) is 8.27. The molecule has 0 atom stereocenters. The van der Waals surface area contributed by atoms with Gasteiger partial charge in [0.05, 0.1) is 13.4 Å². The van der Waals surface area contributed by atoms with E-state index in [1.807, 2.05) is 30.3 Å². The number of carbonyl (C=O) groups excluding carboxylic acids is 1. The molecule has 1 aromatic heterocycles. The van der Waals surface area contributed by atoms with Gasteiger partial charge in [0, 0.05) is 5.56 Å². The summed E-state index contributed by atoms with van der Waals surface area (Å²) in [5.74, 6) is 0.157. The molecule has 0 fully saturated rings. The minimum Gasteiger partial charge on any atom is -0.465 e. The molecule has 0 aliphatic rings. The maximum atomic E-state index is 11.4. The fourth-order valence-corrected chi connectivity index (χ4v) is 1.39. The van der Waals surface area contributed by atoms with Crippen molar-refractivity contribution in [3.63, 3.8) is 0 Å². The standard InChI is InChI=1S/C12H10O3/c1-14-12(13)10-7-8-15-11(10)9-5-3-2-4-6-9/h2-8H,1H3. The predicted molar refractivity (Wildman–Crippen MR) is 55.5 cm³/mol. The van der Waals surface area contributed by atoms with Crippen LogP contribution in [-0.2, 0) is 4.74 Å². The second-order valence-electron chi connectivity index (χ2n) is 3.02. The summed E-state index contributed by atoms with van der Waals surface area (Å²) in [5.41, 5.74) is 1.31. The van der Waals surface area contributed by atoms with Crippen molar-refractivity contribution in [1.29, 1.82) is 0 Å². The molecular formula is C12H10O3. The first kappa shape index (κ1) is 9.52. The smallest absolute Gasteiger partial charge is 0.341 e. The Balaban J connectivity index is 2.46. The van der Waals surface area contributed by atoms with Crippen molar-refractivity contribution >= 4 is 5.97 Å². The van der Waals surface area contributed by atoms with E-state index in [2.05, 4.69) is 4.74 Å². The molecule has 0 amide bonds. The van der Waals surface area contributed by atoms with E-state index in [-0.39, 0.29) is 5.97 Å². The van der Waals surface area contributed by atoms with Crippen molar-refractivity contribution in [2.75, 3.05) is 7.11 Å². The lowest BCUT2D eigenvalue weighted by Gasteiger charge is -2.00. The Morgan fingerprint density at radius 3 is 2.60 bits per heavy atom. The molecule has 2 aromatic rings. The van der Waals surface area contributed by atoms with E-state index in [1.165, 1.54) is 13.4 Å². The number of furan rings is 1. The molecule has 0 radical (unpaired) electrons. The molecule has 0 spiro atoms. The van der Waals surface area contributed by atoms with Crippen molar-refractivity contribution in [3.05, 3.63) is 48.2 Å². The molecule has 0 saturated carbocycles. The molecule has 0 N–H and O–H groups in total.